The lowest BCUT2D eigenvalue weighted by Crippen LogP contribution is -2.47. The van der Waals surface area contributed by atoms with Crippen molar-refractivity contribution in [2.75, 3.05) is 26.5 Å². The molecular weight excluding hydrogens is 248 g/mol. The monoisotopic (exact) mass is 272 g/mol. The largest absolute Gasteiger partial charge is 0.376 e. The Morgan fingerprint density at radius 2 is 2.22 bits per heavy atom. The molecule has 3 atom stereocenters. The molecule has 1 N–H and O–H groups in total. The lowest BCUT2D eigenvalue weighted by atomic mass is 10.2. The van der Waals surface area contributed by atoms with Gasteiger partial charge in [0.25, 0.3) is 0 Å². The van der Waals surface area contributed by atoms with Crippen LogP contribution in [-0.2, 0) is 4.74 Å². The first-order valence-electron chi connectivity index (χ1n) is 6.87. The Morgan fingerprint density at radius 3 is 2.89 bits per heavy atom. The number of nitrogens with one attached hydrogen (secondary N) is 1. The number of hydrogen-bond acceptors (Lipinski definition) is 3. The van der Waals surface area contributed by atoms with E-state index in [4.69, 9.17) is 4.74 Å². The van der Waals surface area contributed by atoms with Crippen LogP contribution in [-0.4, -0.2) is 54.8 Å². The van der Waals surface area contributed by atoms with Crippen molar-refractivity contribution in [3.8, 4) is 0 Å². The standard InChI is InChI=1S/C13H24N2O2S/c1-15(11-6-3-7-12(11)18-2)13(16)14-9-10-5-4-8-17-10/h10-12H,3-9H2,1-2H3,(H,14,16)/t10-,11+,12-/m1/s1. The molecule has 1 aliphatic carbocycles. The fraction of sp³-hybridized carbons (Fsp3) is 0.923. The van der Waals surface area contributed by atoms with E-state index < -0.39 is 0 Å². The second-order valence-corrected chi connectivity index (χ2v) is 6.28. The maximum absolute atomic E-state index is 12.1. The number of carbonyl (C=O) groups is 1. The molecule has 0 bridgehead atoms. The fourth-order valence-corrected chi connectivity index (χ4v) is 3.94. The summed E-state index contributed by atoms with van der Waals surface area (Å²) < 4.78 is 5.51. The summed E-state index contributed by atoms with van der Waals surface area (Å²) in [6.45, 7) is 1.49. The van der Waals surface area contributed by atoms with Gasteiger partial charge in [-0.1, -0.05) is 6.42 Å². The normalized spacial score (nSPS) is 31.6. The molecule has 18 heavy (non-hydrogen) atoms. The third kappa shape index (κ3) is 3.32. The first-order chi connectivity index (χ1) is 8.72. The average molecular weight is 272 g/mol. The predicted molar refractivity (Wildman–Crippen MR) is 75.1 cm³/mol. The predicted octanol–water partition coefficient (Wildman–Crippen LogP) is 2.09. The van der Waals surface area contributed by atoms with Gasteiger partial charge in [0.15, 0.2) is 0 Å². The quantitative estimate of drug-likeness (QED) is 0.852. The van der Waals surface area contributed by atoms with E-state index in [-0.39, 0.29) is 12.1 Å². The van der Waals surface area contributed by atoms with Crippen LogP contribution in [0.2, 0.25) is 0 Å². The lowest BCUT2D eigenvalue weighted by Gasteiger charge is -2.29. The molecule has 1 saturated carbocycles. The summed E-state index contributed by atoms with van der Waals surface area (Å²) in [5.41, 5.74) is 0. The number of thioether (sulfide) groups is 1. The van der Waals surface area contributed by atoms with Gasteiger partial charge in [-0.15, -0.1) is 0 Å². The molecule has 1 heterocycles. The highest BCUT2D eigenvalue weighted by atomic mass is 32.2. The number of carbonyl (C=O) groups excluding carboxylic acids is 1. The molecule has 2 fully saturated rings. The van der Waals surface area contributed by atoms with Crippen LogP contribution in [0.1, 0.15) is 32.1 Å². The van der Waals surface area contributed by atoms with Gasteiger partial charge in [0, 0.05) is 31.5 Å². The summed E-state index contributed by atoms with van der Waals surface area (Å²) >= 11 is 1.88. The van der Waals surface area contributed by atoms with Gasteiger partial charge in [-0.25, -0.2) is 4.79 Å². The molecule has 5 heteroatoms. The van der Waals surface area contributed by atoms with E-state index in [1.54, 1.807) is 0 Å². The zero-order valence-corrected chi connectivity index (χ0v) is 12.2. The second-order valence-electron chi connectivity index (χ2n) is 5.20. The van der Waals surface area contributed by atoms with E-state index in [2.05, 4.69) is 11.6 Å². The fourth-order valence-electron chi connectivity index (χ4n) is 2.91. The smallest absolute Gasteiger partial charge is 0.317 e. The summed E-state index contributed by atoms with van der Waals surface area (Å²) in [7, 11) is 1.92. The van der Waals surface area contributed by atoms with Crippen molar-refractivity contribution < 1.29 is 9.53 Å². The summed E-state index contributed by atoms with van der Waals surface area (Å²) in [5.74, 6) is 0. The van der Waals surface area contributed by atoms with Crippen molar-refractivity contribution in [1.29, 1.82) is 0 Å². The molecule has 2 amide bonds. The molecular formula is C13H24N2O2S. The van der Waals surface area contributed by atoms with Crippen molar-refractivity contribution in [2.45, 2.75) is 49.5 Å². The SMILES string of the molecule is CS[C@@H]1CCC[C@@H]1N(C)C(=O)NC[C@H]1CCCO1. The van der Waals surface area contributed by atoms with Gasteiger partial charge in [-0.05, 0) is 31.9 Å². The van der Waals surface area contributed by atoms with Gasteiger partial charge in [0.2, 0.25) is 0 Å². The molecule has 1 saturated heterocycles. The Hall–Kier alpha value is -0.420. The van der Waals surface area contributed by atoms with Crippen LogP contribution >= 0.6 is 11.8 Å². The Bertz CT molecular complexity index is 282. The number of amides is 2. The average Bonchev–Trinajstić information content (AvgIpc) is 3.05. The number of hydrogen-bond donors (Lipinski definition) is 1. The van der Waals surface area contributed by atoms with Crippen LogP contribution < -0.4 is 5.32 Å². The van der Waals surface area contributed by atoms with Gasteiger partial charge in [-0.3, -0.25) is 0 Å². The van der Waals surface area contributed by atoms with Crippen molar-refractivity contribution in [2.24, 2.45) is 0 Å². The molecule has 0 radical (unpaired) electrons. The highest BCUT2D eigenvalue weighted by molar-refractivity contribution is 7.99. The first kappa shape index (κ1) is 14.0. The zero-order chi connectivity index (χ0) is 13.0. The Kier molecular flexibility index (Phi) is 5.18. The summed E-state index contributed by atoms with van der Waals surface area (Å²) in [5, 5.41) is 3.60. The maximum atomic E-state index is 12.1. The molecule has 0 aromatic rings. The third-order valence-corrected chi connectivity index (χ3v) is 5.20. The van der Waals surface area contributed by atoms with Crippen molar-refractivity contribution in [3.63, 3.8) is 0 Å². The van der Waals surface area contributed by atoms with Crippen LogP contribution in [0, 0.1) is 0 Å². The summed E-state index contributed by atoms with van der Waals surface area (Å²) in [6.07, 6.45) is 8.15. The van der Waals surface area contributed by atoms with Gasteiger partial charge in [-0.2, -0.15) is 11.8 Å². The minimum Gasteiger partial charge on any atom is -0.376 e. The van der Waals surface area contributed by atoms with Gasteiger partial charge >= 0.3 is 6.03 Å². The van der Waals surface area contributed by atoms with E-state index in [1.165, 1.54) is 12.8 Å². The van der Waals surface area contributed by atoms with E-state index in [1.807, 2.05) is 23.7 Å². The molecule has 0 spiro atoms. The first-order valence-corrected chi connectivity index (χ1v) is 8.16. The molecule has 0 aromatic carbocycles. The zero-order valence-electron chi connectivity index (χ0n) is 11.4. The molecule has 0 aromatic heterocycles. The van der Waals surface area contributed by atoms with Crippen LogP contribution in [0.15, 0.2) is 0 Å². The molecule has 104 valence electrons. The Labute approximate surface area is 114 Å². The lowest BCUT2D eigenvalue weighted by molar-refractivity contribution is 0.108. The number of rotatable bonds is 4. The van der Waals surface area contributed by atoms with E-state index in [0.717, 1.165) is 25.9 Å². The minimum absolute atomic E-state index is 0.0523. The third-order valence-electron chi connectivity index (χ3n) is 4.04. The van der Waals surface area contributed by atoms with Gasteiger partial charge < -0.3 is 15.0 Å². The summed E-state index contributed by atoms with van der Waals surface area (Å²) in [6, 6.07) is 0.445. The molecule has 2 rings (SSSR count). The molecule has 4 nitrogen and oxygen atoms in total. The van der Waals surface area contributed by atoms with E-state index in [9.17, 15) is 4.79 Å². The highest BCUT2D eigenvalue weighted by Gasteiger charge is 2.32. The van der Waals surface area contributed by atoms with Crippen molar-refractivity contribution in [3.05, 3.63) is 0 Å². The summed E-state index contributed by atoms with van der Waals surface area (Å²) in [4.78, 5) is 14.0. The Morgan fingerprint density at radius 1 is 1.39 bits per heavy atom. The Balaban J connectivity index is 1.76. The van der Waals surface area contributed by atoms with Crippen LogP contribution in [0.5, 0.6) is 0 Å². The van der Waals surface area contributed by atoms with Crippen molar-refractivity contribution >= 4 is 17.8 Å². The van der Waals surface area contributed by atoms with Gasteiger partial charge in [0.05, 0.1) is 6.10 Å². The van der Waals surface area contributed by atoms with E-state index in [0.29, 0.717) is 17.8 Å². The number of urea groups is 1. The highest BCUT2D eigenvalue weighted by Crippen LogP contribution is 2.31. The maximum Gasteiger partial charge on any atom is 0.317 e. The van der Waals surface area contributed by atoms with Crippen molar-refractivity contribution in [1.82, 2.24) is 10.2 Å². The topological polar surface area (TPSA) is 41.6 Å². The van der Waals surface area contributed by atoms with Crippen LogP contribution in [0.4, 0.5) is 4.79 Å². The number of nitrogens with zero attached hydrogens (tertiary/aromatic N) is 1. The molecule has 0 unspecified atom stereocenters. The minimum atomic E-state index is 0.0523. The molecule has 2 aliphatic rings. The van der Waals surface area contributed by atoms with Crippen LogP contribution in [0.25, 0.3) is 0 Å². The molecule has 1 aliphatic heterocycles. The second kappa shape index (κ2) is 6.66. The number of ether oxygens (including phenoxy) is 1. The van der Waals surface area contributed by atoms with E-state index >= 15 is 0 Å². The van der Waals surface area contributed by atoms with Gasteiger partial charge in [0.1, 0.15) is 0 Å². The van der Waals surface area contributed by atoms with Crippen LogP contribution in [0.3, 0.4) is 0 Å².